The summed E-state index contributed by atoms with van der Waals surface area (Å²) in [5, 5.41) is 5.49. The van der Waals surface area contributed by atoms with Gasteiger partial charge in [-0.3, -0.25) is 9.59 Å². The summed E-state index contributed by atoms with van der Waals surface area (Å²) in [4.78, 5) is 38.3. The number of rotatable bonds is 8. The van der Waals surface area contributed by atoms with E-state index in [9.17, 15) is 14.4 Å². The molecule has 8 nitrogen and oxygen atoms in total. The van der Waals surface area contributed by atoms with Gasteiger partial charge >= 0.3 is 6.03 Å². The lowest BCUT2D eigenvalue weighted by molar-refractivity contribution is -0.127. The molecule has 1 heterocycles. The second-order valence-electron chi connectivity index (χ2n) is 6.98. The summed E-state index contributed by atoms with van der Waals surface area (Å²) in [6, 6.07) is 9.76. The summed E-state index contributed by atoms with van der Waals surface area (Å²) in [6.45, 7) is 6.01. The zero-order chi connectivity index (χ0) is 23.3. The largest absolute Gasteiger partial charge is 0.490 e. The molecule has 1 aliphatic heterocycles. The van der Waals surface area contributed by atoms with Crippen LogP contribution >= 0.6 is 11.6 Å². The van der Waals surface area contributed by atoms with Crippen LogP contribution in [0.3, 0.4) is 0 Å². The summed E-state index contributed by atoms with van der Waals surface area (Å²) in [5.74, 6) is -0.162. The number of nitrogens with zero attached hydrogens (tertiary/aromatic N) is 1. The molecule has 0 saturated carbocycles. The molecule has 168 valence electrons. The Morgan fingerprint density at radius 2 is 1.81 bits per heavy atom. The molecular weight excluding hydrogens is 434 g/mol. The highest BCUT2D eigenvalue weighted by atomic mass is 35.5. The average molecular weight is 458 g/mol. The number of aryl methyl sites for hydroxylation is 1. The normalized spacial score (nSPS) is 14.5. The molecule has 0 aromatic heterocycles. The van der Waals surface area contributed by atoms with Crippen LogP contribution in [-0.4, -0.2) is 42.5 Å². The fourth-order valence-corrected chi connectivity index (χ4v) is 3.34. The third-order valence-corrected chi connectivity index (χ3v) is 4.86. The van der Waals surface area contributed by atoms with E-state index >= 15 is 0 Å². The number of urea groups is 1. The summed E-state index contributed by atoms with van der Waals surface area (Å²) in [5.41, 5.74) is 2.03. The van der Waals surface area contributed by atoms with Crippen molar-refractivity contribution in [1.82, 2.24) is 10.2 Å². The number of benzene rings is 2. The Morgan fingerprint density at radius 3 is 2.47 bits per heavy atom. The van der Waals surface area contributed by atoms with E-state index < -0.39 is 24.4 Å². The van der Waals surface area contributed by atoms with Gasteiger partial charge in [-0.25, -0.2) is 9.69 Å². The SMILES string of the molecule is CCOc1cc(Cl)c(/C=C2/NC(=O)N(CC(=O)Nc3cccc(C)c3)C2=O)cc1OCC. The van der Waals surface area contributed by atoms with Gasteiger partial charge in [0.1, 0.15) is 12.2 Å². The van der Waals surface area contributed by atoms with Gasteiger partial charge in [0.2, 0.25) is 5.91 Å². The second kappa shape index (κ2) is 10.2. The Labute approximate surface area is 191 Å². The van der Waals surface area contributed by atoms with E-state index in [1.165, 1.54) is 6.08 Å². The molecular formula is C23H24ClN3O5. The fourth-order valence-electron chi connectivity index (χ4n) is 3.14. The molecule has 3 rings (SSSR count). The molecule has 32 heavy (non-hydrogen) atoms. The Morgan fingerprint density at radius 1 is 1.12 bits per heavy atom. The van der Waals surface area contributed by atoms with Gasteiger partial charge in [-0.1, -0.05) is 23.7 Å². The molecule has 1 saturated heterocycles. The number of anilines is 1. The van der Waals surface area contributed by atoms with Crippen molar-refractivity contribution < 1.29 is 23.9 Å². The first-order valence-corrected chi connectivity index (χ1v) is 10.5. The highest BCUT2D eigenvalue weighted by Gasteiger charge is 2.35. The number of nitrogens with one attached hydrogen (secondary N) is 2. The molecule has 0 aliphatic carbocycles. The van der Waals surface area contributed by atoms with Gasteiger partial charge in [0.05, 0.1) is 18.2 Å². The van der Waals surface area contributed by atoms with Crippen molar-refractivity contribution in [2.45, 2.75) is 20.8 Å². The van der Waals surface area contributed by atoms with Crippen LogP contribution in [0, 0.1) is 6.92 Å². The smallest absolute Gasteiger partial charge is 0.329 e. The minimum absolute atomic E-state index is 0.00636. The van der Waals surface area contributed by atoms with E-state index in [0.717, 1.165) is 10.5 Å². The quantitative estimate of drug-likeness (QED) is 0.461. The summed E-state index contributed by atoms with van der Waals surface area (Å²) < 4.78 is 11.1. The van der Waals surface area contributed by atoms with Crippen molar-refractivity contribution in [3.8, 4) is 11.5 Å². The molecule has 0 radical (unpaired) electrons. The molecule has 4 amide bonds. The zero-order valence-corrected chi connectivity index (χ0v) is 18.8. The average Bonchev–Trinajstić information content (AvgIpc) is 2.99. The number of imide groups is 1. The monoisotopic (exact) mass is 457 g/mol. The third kappa shape index (κ3) is 5.39. The van der Waals surface area contributed by atoms with E-state index in [1.54, 1.807) is 30.3 Å². The summed E-state index contributed by atoms with van der Waals surface area (Å²) in [7, 11) is 0. The lowest BCUT2D eigenvalue weighted by Gasteiger charge is -2.13. The first kappa shape index (κ1) is 23.1. The first-order chi connectivity index (χ1) is 15.3. The van der Waals surface area contributed by atoms with E-state index in [4.69, 9.17) is 21.1 Å². The summed E-state index contributed by atoms with van der Waals surface area (Å²) >= 11 is 6.34. The minimum Gasteiger partial charge on any atom is -0.490 e. The lowest BCUT2D eigenvalue weighted by atomic mass is 10.1. The Hall–Kier alpha value is -3.52. The third-order valence-electron chi connectivity index (χ3n) is 4.53. The maximum absolute atomic E-state index is 12.7. The molecule has 0 bridgehead atoms. The number of carbonyl (C=O) groups excluding carboxylic acids is 3. The molecule has 9 heteroatoms. The van der Waals surface area contributed by atoms with Crippen molar-refractivity contribution in [3.63, 3.8) is 0 Å². The van der Waals surface area contributed by atoms with E-state index in [-0.39, 0.29) is 5.70 Å². The van der Waals surface area contributed by atoms with Crippen molar-refractivity contribution in [3.05, 3.63) is 58.2 Å². The molecule has 1 fully saturated rings. The van der Waals surface area contributed by atoms with E-state index in [1.807, 2.05) is 26.8 Å². The maximum Gasteiger partial charge on any atom is 0.329 e. The Bertz CT molecular complexity index is 1080. The van der Waals surface area contributed by atoms with E-state index in [2.05, 4.69) is 10.6 Å². The van der Waals surface area contributed by atoms with Gasteiger partial charge in [0, 0.05) is 11.8 Å². The number of hydrogen-bond acceptors (Lipinski definition) is 5. The number of hydrogen-bond donors (Lipinski definition) is 2. The predicted octanol–water partition coefficient (Wildman–Crippen LogP) is 3.98. The highest BCUT2D eigenvalue weighted by Crippen LogP contribution is 2.35. The predicted molar refractivity (Wildman–Crippen MR) is 122 cm³/mol. The van der Waals surface area contributed by atoms with Gasteiger partial charge in [0.25, 0.3) is 5.91 Å². The summed E-state index contributed by atoms with van der Waals surface area (Å²) in [6.07, 6.45) is 1.44. The van der Waals surface area contributed by atoms with Crippen molar-refractivity contribution in [2.75, 3.05) is 25.1 Å². The van der Waals surface area contributed by atoms with Crippen LogP contribution in [0.15, 0.2) is 42.1 Å². The zero-order valence-electron chi connectivity index (χ0n) is 18.0. The molecule has 2 aromatic carbocycles. The van der Waals surface area contributed by atoms with E-state index in [0.29, 0.717) is 41.0 Å². The first-order valence-electron chi connectivity index (χ1n) is 10.1. The molecule has 0 atom stereocenters. The van der Waals surface area contributed by atoms with Crippen LogP contribution in [-0.2, 0) is 9.59 Å². The number of amides is 4. The van der Waals surface area contributed by atoms with Gasteiger partial charge in [0.15, 0.2) is 11.5 Å². The Balaban J connectivity index is 1.77. The molecule has 2 N–H and O–H groups in total. The molecule has 2 aromatic rings. The van der Waals surface area contributed by atoms with Crippen LogP contribution < -0.4 is 20.1 Å². The number of halogens is 1. The highest BCUT2D eigenvalue weighted by molar-refractivity contribution is 6.32. The topological polar surface area (TPSA) is 97.0 Å². The standard InChI is InChI=1S/C23H24ClN3O5/c1-4-31-19-11-15(17(24)12-20(19)32-5-2)10-18-22(29)27(23(30)26-18)13-21(28)25-16-8-6-7-14(3)9-16/h6-12H,4-5,13H2,1-3H3,(H,25,28)(H,26,30)/b18-10+. The molecule has 0 unspecified atom stereocenters. The van der Waals surface area contributed by atoms with Crippen LogP contribution in [0.25, 0.3) is 6.08 Å². The van der Waals surface area contributed by atoms with Gasteiger partial charge in [-0.2, -0.15) is 0 Å². The molecule has 1 aliphatic rings. The second-order valence-corrected chi connectivity index (χ2v) is 7.39. The van der Waals surface area contributed by atoms with Crippen LogP contribution in [0.4, 0.5) is 10.5 Å². The fraction of sp³-hybridized carbons (Fsp3) is 0.261. The molecule has 0 spiro atoms. The van der Waals surface area contributed by atoms with Crippen molar-refractivity contribution in [1.29, 1.82) is 0 Å². The lowest BCUT2D eigenvalue weighted by Crippen LogP contribution is -2.38. The van der Waals surface area contributed by atoms with Crippen molar-refractivity contribution >= 4 is 41.2 Å². The number of ether oxygens (including phenoxy) is 2. The van der Waals surface area contributed by atoms with Crippen LogP contribution in [0.2, 0.25) is 5.02 Å². The maximum atomic E-state index is 12.7. The van der Waals surface area contributed by atoms with Gasteiger partial charge in [-0.05, 0) is 56.2 Å². The Kier molecular flexibility index (Phi) is 7.37. The van der Waals surface area contributed by atoms with Crippen LogP contribution in [0.5, 0.6) is 11.5 Å². The number of carbonyl (C=O) groups is 3. The van der Waals surface area contributed by atoms with Gasteiger partial charge in [-0.15, -0.1) is 0 Å². The minimum atomic E-state index is -0.687. The van der Waals surface area contributed by atoms with Crippen molar-refractivity contribution in [2.24, 2.45) is 0 Å². The van der Waals surface area contributed by atoms with Gasteiger partial charge < -0.3 is 20.1 Å². The van der Waals surface area contributed by atoms with Crippen LogP contribution in [0.1, 0.15) is 25.0 Å².